The number of hydrogen-bond acceptors (Lipinski definition) is 4. The van der Waals surface area contributed by atoms with E-state index in [2.05, 4.69) is 5.32 Å². The third-order valence-corrected chi connectivity index (χ3v) is 6.57. The first-order chi connectivity index (χ1) is 12.1. The molecule has 0 saturated carbocycles. The van der Waals surface area contributed by atoms with Gasteiger partial charge in [-0.25, -0.2) is 13.2 Å². The Bertz CT molecular complexity index is 1060. The summed E-state index contributed by atoms with van der Waals surface area (Å²) in [5, 5.41) is 2.99. The summed E-state index contributed by atoms with van der Waals surface area (Å²) < 4.78 is 26.1. The second-order valence-electron chi connectivity index (χ2n) is 6.31. The molecule has 0 saturated heterocycles. The number of pyridine rings is 1. The molecule has 2 amide bonds. The molecule has 0 aliphatic carbocycles. The molecule has 0 bridgehead atoms. The molecule has 9 heteroatoms. The van der Waals surface area contributed by atoms with E-state index >= 15 is 0 Å². The molecule has 138 valence electrons. The second kappa shape index (κ2) is 6.44. The molecule has 7 nitrogen and oxygen atoms in total. The van der Waals surface area contributed by atoms with Crippen molar-refractivity contribution in [2.24, 2.45) is 7.05 Å². The highest BCUT2D eigenvalue weighted by Gasteiger charge is 2.38. The molecule has 1 aliphatic heterocycles. The number of urea groups is 1. The molecule has 0 spiro atoms. The summed E-state index contributed by atoms with van der Waals surface area (Å²) >= 11 is 6.00. The lowest BCUT2D eigenvalue weighted by atomic mass is 10.1. The smallest absolute Gasteiger partial charge is 0.319 e. The Balaban J connectivity index is 1.93. The lowest BCUT2D eigenvalue weighted by molar-refractivity contribution is 0.209. The molecule has 0 fully saturated rings. The average Bonchev–Trinajstić information content (AvgIpc) is 2.84. The molecule has 0 radical (unpaired) electrons. The van der Waals surface area contributed by atoms with Crippen molar-refractivity contribution in [3.8, 4) is 0 Å². The van der Waals surface area contributed by atoms with Crippen LogP contribution in [0.5, 0.6) is 0 Å². The number of nitrogens with one attached hydrogen (secondary N) is 1. The summed E-state index contributed by atoms with van der Waals surface area (Å²) in [4.78, 5) is 26.4. The van der Waals surface area contributed by atoms with Gasteiger partial charge in [0.2, 0.25) is 0 Å². The predicted octanol–water partition coefficient (Wildman–Crippen LogP) is 2.34. The Morgan fingerprint density at radius 3 is 2.73 bits per heavy atom. The molecule has 1 aromatic heterocycles. The highest BCUT2D eigenvalue weighted by molar-refractivity contribution is 7.91. The van der Waals surface area contributed by atoms with E-state index in [0.29, 0.717) is 16.1 Å². The SMILES string of the molecule is Cc1ccn(C)c(=O)c1NC(=O)N(C)[C@@H]1CS(=O)(=O)c2ccc(Cl)cc21. The van der Waals surface area contributed by atoms with E-state index < -0.39 is 21.9 Å². The third kappa shape index (κ3) is 3.10. The molecule has 3 rings (SSSR count). The zero-order valence-electron chi connectivity index (χ0n) is 14.5. The maximum Gasteiger partial charge on any atom is 0.322 e. The van der Waals surface area contributed by atoms with E-state index in [1.54, 1.807) is 32.3 Å². The zero-order valence-corrected chi connectivity index (χ0v) is 16.1. The minimum atomic E-state index is -3.49. The van der Waals surface area contributed by atoms with Crippen molar-refractivity contribution >= 4 is 33.2 Å². The van der Waals surface area contributed by atoms with Crippen LogP contribution in [0.1, 0.15) is 17.2 Å². The van der Waals surface area contributed by atoms with Crippen LogP contribution in [0, 0.1) is 6.92 Å². The minimum Gasteiger partial charge on any atom is -0.319 e. The maximum atomic E-state index is 12.7. The van der Waals surface area contributed by atoms with Gasteiger partial charge in [-0.1, -0.05) is 11.6 Å². The number of benzene rings is 1. The number of sulfone groups is 1. The van der Waals surface area contributed by atoms with Gasteiger partial charge in [-0.2, -0.15) is 0 Å². The fourth-order valence-corrected chi connectivity index (χ4v) is 4.99. The van der Waals surface area contributed by atoms with Crippen LogP contribution in [-0.2, 0) is 16.9 Å². The standard InChI is InChI=1S/C17H18ClN3O4S/c1-10-6-7-20(2)16(22)15(10)19-17(23)21(3)13-9-26(24,25)14-5-4-11(18)8-12(13)14/h4-8,13H,9H2,1-3H3,(H,19,23)/t13-/m1/s1. The van der Waals surface area contributed by atoms with Crippen molar-refractivity contribution in [2.75, 3.05) is 18.1 Å². The van der Waals surface area contributed by atoms with Crippen molar-refractivity contribution in [2.45, 2.75) is 17.9 Å². The average molecular weight is 396 g/mol. The lowest BCUT2D eigenvalue weighted by Crippen LogP contribution is -2.37. The van der Waals surface area contributed by atoms with Crippen LogP contribution in [0.4, 0.5) is 10.5 Å². The normalized spacial score (nSPS) is 17.6. The van der Waals surface area contributed by atoms with Crippen LogP contribution in [-0.4, -0.2) is 36.7 Å². The highest BCUT2D eigenvalue weighted by atomic mass is 35.5. The number of rotatable bonds is 2. The Hall–Kier alpha value is -2.32. The van der Waals surface area contributed by atoms with Gasteiger partial charge >= 0.3 is 6.03 Å². The van der Waals surface area contributed by atoms with E-state index in [0.717, 1.165) is 0 Å². The number of aryl methyl sites for hydroxylation is 2. The molecule has 0 unspecified atom stereocenters. The number of halogens is 1. The van der Waals surface area contributed by atoms with Gasteiger partial charge < -0.3 is 14.8 Å². The monoisotopic (exact) mass is 395 g/mol. The van der Waals surface area contributed by atoms with Crippen molar-refractivity contribution in [1.82, 2.24) is 9.47 Å². The van der Waals surface area contributed by atoms with Gasteiger partial charge in [-0.15, -0.1) is 0 Å². The van der Waals surface area contributed by atoms with Crippen LogP contribution in [0.2, 0.25) is 5.02 Å². The Morgan fingerprint density at radius 2 is 2.04 bits per heavy atom. The Labute approximate surface area is 156 Å². The minimum absolute atomic E-state index is 0.166. The maximum absolute atomic E-state index is 12.7. The number of nitrogens with zero attached hydrogens (tertiary/aromatic N) is 2. The summed E-state index contributed by atoms with van der Waals surface area (Å²) in [6, 6.07) is 4.99. The number of fused-ring (bicyclic) bond motifs is 1. The van der Waals surface area contributed by atoms with E-state index in [-0.39, 0.29) is 21.9 Å². The van der Waals surface area contributed by atoms with Gasteiger partial charge in [-0.05, 0) is 42.3 Å². The molecule has 26 heavy (non-hydrogen) atoms. The molecular weight excluding hydrogens is 378 g/mol. The summed E-state index contributed by atoms with van der Waals surface area (Å²) in [6.07, 6.45) is 1.61. The van der Waals surface area contributed by atoms with E-state index in [4.69, 9.17) is 11.6 Å². The quantitative estimate of drug-likeness (QED) is 0.845. The Kier molecular flexibility index (Phi) is 4.58. The highest BCUT2D eigenvalue weighted by Crippen LogP contribution is 2.38. The molecule has 2 aromatic rings. The first-order valence-electron chi connectivity index (χ1n) is 7.84. The first-order valence-corrected chi connectivity index (χ1v) is 9.87. The van der Waals surface area contributed by atoms with Gasteiger partial charge in [0.05, 0.1) is 16.7 Å². The largest absolute Gasteiger partial charge is 0.322 e. The second-order valence-corrected chi connectivity index (χ2v) is 8.75. The van der Waals surface area contributed by atoms with E-state index in [1.807, 2.05) is 0 Å². The van der Waals surface area contributed by atoms with Crippen molar-refractivity contribution in [3.63, 3.8) is 0 Å². The number of carbonyl (C=O) groups is 1. The summed E-state index contributed by atoms with van der Waals surface area (Å²) in [7, 11) is -0.412. The molecule has 1 aliphatic rings. The number of carbonyl (C=O) groups excluding carboxylic acids is 1. The number of amides is 2. The summed E-state index contributed by atoms with van der Waals surface area (Å²) in [6.45, 7) is 1.71. The van der Waals surface area contributed by atoms with Crippen molar-refractivity contribution < 1.29 is 13.2 Å². The third-order valence-electron chi connectivity index (χ3n) is 4.54. The van der Waals surface area contributed by atoms with Gasteiger partial charge in [0.15, 0.2) is 9.84 Å². The predicted molar refractivity (Wildman–Crippen MR) is 99.4 cm³/mol. The van der Waals surface area contributed by atoms with Gasteiger partial charge in [-0.3, -0.25) is 4.79 Å². The fourth-order valence-electron chi connectivity index (χ4n) is 2.98. The first kappa shape index (κ1) is 18.5. The Morgan fingerprint density at radius 1 is 1.35 bits per heavy atom. The summed E-state index contributed by atoms with van der Waals surface area (Å²) in [5.74, 6) is -0.224. The fraction of sp³-hybridized carbons (Fsp3) is 0.294. The molecular formula is C17H18ClN3O4S. The zero-order chi connectivity index (χ0) is 19.2. The van der Waals surface area contributed by atoms with Crippen LogP contribution in [0.25, 0.3) is 0 Å². The van der Waals surface area contributed by atoms with Crippen LogP contribution in [0.15, 0.2) is 40.2 Å². The van der Waals surface area contributed by atoms with Gasteiger partial charge in [0.25, 0.3) is 5.56 Å². The van der Waals surface area contributed by atoms with Crippen LogP contribution < -0.4 is 10.9 Å². The number of hydrogen-bond donors (Lipinski definition) is 1. The van der Waals surface area contributed by atoms with Gasteiger partial charge in [0, 0.05) is 25.3 Å². The molecule has 1 aromatic carbocycles. The number of aromatic nitrogens is 1. The van der Waals surface area contributed by atoms with Crippen molar-refractivity contribution in [1.29, 1.82) is 0 Å². The van der Waals surface area contributed by atoms with E-state index in [1.165, 1.54) is 28.6 Å². The lowest BCUT2D eigenvalue weighted by Gasteiger charge is -2.25. The van der Waals surface area contributed by atoms with Crippen molar-refractivity contribution in [3.05, 3.63) is 57.0 Å². The van der Waals surface area contributed by atoms with E-state index in [9.17, 15) is 18.0 Å². The van der Waals surface area contributed by atoms with Crippen LogP contribution >= 0.6 is 11.6 Å². The molecule has 2 heterocycles. The van der Waals surface area contributed by atoms with Crippen LogP contribution in [0.3, 0.4) is 0 Å². The molecule has 1 atom stereocenters. The number of anilines is 1. The topological polar surface area (TPSA) is 88.5 Å². The molecule has 1 N–H and O–H groups in total. The summed E-state index contributed by atoms with van der Waals surface area (Å²) in [5.41, 5.74) is 0.929. The van der Waals surface area contributed by atoms with Gasteiger partial charge in [0.1, 0.15) is 5.69 Å².